The summed E-state index contributed by atoms with van der Waals surface area (Å²) < 4.78 is 0. The Kier molecular flexibility index (Phi) is 6.66. The Morgan fingerprint density at radius 2 is 1.87 bits per heavy atom. The molecule has 2 amide bonds. The number of anilines is 2. The van der Waals surface area contributed by atoms with Gasteiger partial charge in [-0.05, 0) is 44.0 Å². The molecule has 1 N–H and O–H groups in total. The number of nitrogens with one attached hydrogen (secondary N) is 1. The van der Waals surface area contributed by atoms with Crippen molar-refractivity contribution >= 4 is 28.9 Å². The Hall–Kier alpha value is -3.42. The Bertz CT molecular complexity index is 939. The van der Waals surface area contributed by atoms with Crippen LogP contribution in [0.5, 0.6) is 0 Å². The van der Waals surface area contributed by atoms with Crippen LogP contribution in [0.3, 0.4) is 0 Å². The van der Waals surface area contributed by atoms with E-state index in [2.05, 4.69) is 5.32 Å². The number of benzene rings is 2. The molecule has 0 bridgehead atoms. The van der Waals surface area contributed by atoms with Crippen molar-refractivity contribution in [2.24, 2.45) is 0 Å². The minimum Gasteiger partial charge on any atom is -0.371 e. The fourth-order valence-electron chi connectivity index (χ4n) is 3.65. The summed E-state index contributed by atoms with van der Waals surface area (Å²) in [7, 11) is 0. The maximum atomic E-state index is 12.9. The second kappa shape index (κ2) is 9.39. The number of carbonyl (C=O) groups is 2. The topological polar surface area (TPSA) is 95.8 Å². The Balaban J connectivity index is 1.74. The lowest BCUT2D eigenvalue weighted by Gasteiger charge is -2.23. The largest absolute Gasteiger partial charge is 0.371 e. The standard InChI is InChI=1S/C22H26N4O4/c1-3-24(4-2)20-12-11-18(26(29)30)14-19(20)22(28)23-15-16-7-9-17(10-8-16)25-13-5-6-21(25)27/h7-12,14H,3-6,13,15H2,1-2H3,(H,23,28). The number of nitro groups is 1. The lowest BCUT2D eigenvalue weighted by molar-refractivity contribution is -0.384. The highest BCUT2D eigenvalue weighted by molar-refractivity contribution is 6.00. The predicted molar refractivity (Wildman–Crippen MR) is 116 cm³/mol. The van der Waals surface area contributed by atoms with Crippen molar-refractivity contribution in [2.75, 3.05) is 29.4 Å². The van der Waals surface area contributed by atoms with Crippen LogP contribution in [0.4, 0.5) is 17.1 Å². The molecule has 30 heavy (non-hydrogen) atoms. The molecule has 1 heterocycles. The molecule has 1 saturated heterocycles. The van der Waals surface area contributed by atoms with E-state index in [9.17, 15) is 19.7 Å². The zero-order chi connectivity index (χ0) is 21.7. The first-order chi connectivity index (χ1) is 14.4. The fourth-order valence-corrected chi connectivity index (χ4v) is 3.65. The van der Waals surface area contributed by atoms with Gasteiger partial charge in [-0.1, -0.05) is 12.1 Å². The molecular formula is C22H26N4O4. The number of nitro benzene ring substituents is 1. The van der Waals surface area contributed by atoms with Crippen molar-refractivity contribution in [1.82, 2.24) is 5.32 Å². The minimum absolute atomic E-state index is 0.115. The first kappa shape index (κ1) is 21.3. The second-order valence-electron chi connectivity index (χ2n) is 7.13. The molecule has 0 spiro atoms. The van der Waals surface area contributed by atoms with Gasteiger partial charge in [0.25, 0.3) is 11.6 Å². The number of nitrogens with zero attached hydrogens (tertiary/aromatic N) is 3. The summed E-state index contributed by atoms with van der Waals surface area (Å²) in [5, 5.41) is 14.0. The molecule has 0 saturated carbocycles. The van der Waals surface area contributed by atoms with Crippen LogP contribution in [0, 0.1) is 10.1 Å². The van der Waals surface area contributed by atoms with Crippen molar-refractivity contribution < 1.29 is 14.5 Å². The number of amides is 2. The van der Waals surface area contributed by atoms with E-state index in [0.29, 0.717) is 25.2 Å². The molecule has 1 aliphatic rings. The molecule has 2 aromatic carbocycles. The molecule has 0 aromatic heterocycles. The van der Waals surface area contributed by atoms with Gasteiger partial charge in [-0.25, -0.2) is 0 Å². The molecule has 0 aliphatic carbocycles. The number of rotatable bonds is 8. The third-order valence-electron chi connectivity index (χ3n) is 5.31. The molecule has 8 nitrogen and oxygen atoms in total. The van der Waals surface area contributed by atoms with Crippen molar-refractivity contribution in [3.05, 3.63) is 63.7 Å². The van der Waals surface area contributed by atoms with Gasteiger partial charge in [0, 0.05) is 56.1 Å². The van der Waals surface area contributed by atoms with E-state index in [0.717, 1.165) is 24.2 Å². The van der Waals surface area contributed by atoms with Gasteiger partial charge in [0.15, 0.2) is 0 Å². The SMILES string of the molecule is CCN(CC)c1ccc([N+](=O)[O-])cc1C(=O)NCc1ccc(N2CCCC2=O)cc1. The lowest BCUT2D eigenvalue weighted by Crippen LogP contribution is -2.28. The molecule has 158 valence electrons. The number of non-ortho nitro benzene ring substituents is 1. The van der Waals surface area contributed by atoms with Gasteiger partial charge in [-0.15, -0.1) is 0 Å². The molecule has 1 fully saturated rings. The predicted octanol–water partition coefficient (Wildman–Crippen LogP) is 3.50. The van der Waals surface area contributed by atoms with E-state index >= 15 is 0 Å². The van der Waals surface area contributed by atoms with Crippen LogP contribution in [0.15, 0.2) is 42.5 Å². The zero-order valence-corrected chi connectivity index (χ0v) is 17.3. The lowest BCUT2D eigenvalue weighted by atomic mass is 10.1. The van der Waals surface area contributed by atoms with E-state index in [1.54, 1.807) is 11.0 Å². The van der Waals surface area contributed by atoms with Crippen molar-refractivity contribution in [1.29, 1.82) is 0 Å². The molecule has 8 heteroatoms. The van der Waals surface area contributed by atoms with E-state index in [1.165, 1.54) is 12.1 Å². The maximum Gasteiger partial charge on any atom is 0.270 e. The van der Waals surface area contributed by atoms with Gasteiger partial charge in [0.05, 0.1) is 10.5 Å². The molecule has 0 unspecified atom stereocenters. The van der Waals surface area contributed by atoms with Crippen molar-refractivity contribution in [3.8, 4) is 0 Å². The highest BCUT2D eigenvalue weighted by Crippen LogP contribution is 2.26. The van der Waals surface area contributed by atoms with Gasteiger partial charge >= 0.3 is 0 Å². The molecule has 0 atom stereocenters. The van der Waals surface area contributed by atoms with Crippen LogP contribution in [0.1, 0.15) is 42.6 Å². The summed E-state index contributed by atoms with van der Waals surface area (Å²) in [4.78, 5) is 39.1. The van der Waals surface area contributed by atoms with Crippen molar-refractivity contribution in [2.45, 2.75) is 33.2 Å². The third kappa shape index (κ3) is 4.59. The number of hydrogen-bond acceptors (Lipinski definition) is 5. The van der Waals surface area contributed by atoms with E-state index < -0.39 is 4.92 Å². The molecule has 3 rings (SSSR count). The fraction of sp³-hybridized carbons (Fsp3) is 0.364. The van der Waals surface area contributed by atoms with Gasteiger partial charge in [0.1, 0.15) is 0 Å². The highest BCUT2D eigenvalue weighted by Gasteiger charge is 2.22. The summed E-state index contributed by atoms with van der Waals surface area (Å²) in [6.45, 7) is 6.33. The Morgan fingerprint density at radius 3 is 2.43 bits per heavy atom. The second-order valence-corrected chi connectivity index (χ2v) is 7.13. The minimum atomic E-state index is -0.499. The normalized spacial score (nSPS) is 13.4. The van der Waals surface area contributed by atoms with Gasteiger partial charge < -0.3 is 15.1 Å². The smallest absolute Gasteiger partial charge is 0.270 e. The Morgan fingerprint density at radius 1 is 1.17 bits per heavy atom. The van der Waals surface area contributed by atoms with Crippen molar-refractivity contribution in [3.63, 3.8) is 0 Å². The monoisotopic (exact) mass is 410 g/mol. The summed E-state index contributed by atoms with van der Waals surface area (Å²) in [5.74, 6) is -0.231. The summed E-state index contributed by atoms with van der Waals surface area (Å²) >= 11 is 0. The number of hydrogen-bond donors (Lipinski definition) is 1. The first-order valence-electron chi connectivity index (χ1n) is 10.2. The van der Waals surface area contributed by atoms with Crippen LogP contribution < -0.4 is 15.1 Å². The molecule has 0 radical (unpaired) electrons. The summed E-state index contributed by atoms with van der Waals surface area (Å²) in [5.41, 5.74) is 2.58. The summed E-state index contributed by atoms with van der Waals surface area (Å²) in [6.07, 6.45) is 1.45. The van der Waals surface area contributed by atoms with Crippen LogP contribution >= 0.6 is 0 Å². The zero-order valence-electron chi connectivity index (χ0n) is 17.3. The Labute approximate surface area is 175 Å². The van der Waals surface area contributed by atoms with Crippen LogP contribution in [0.2, 0.25) is 0 Å². The van der Waals surface area contributed by atoms with Gasteiger partial charge in [-0.2, -0.15) is 0 Å². The van der Waals surface area contributed by atoms with Gasteiger partial charge in [-0.3, -0.25) is 19.7 Å². The highest BCUT2D eigenvalue weighted by atomic mass is 16.6. The van der Waals surface area contributed by atoms with Gasteiger partial charge in [0.2, 0.25) is 5.91 Å². The van der Waals surface area contributed by atoms with E-state index in [1.807, 2.05) is 43.0 Å². The summed E-state index contributed by atoms with van der Waals surface area (Å²) in [6, 6.07) is 11.9. The number of carbonyl (C=O) groups excluding carboxylic acids is 2. The quantitative estimate of drug-likeness (QED) is 0.531. The molecule has 1 aliphatic heterocycles. The molecular weight excluding hydrogens is 384 g/mol. The maximum absolute atomic E-state index is 12.9. The molecule has 2 aromatic rings. The van der Waals surface area contributed by atoms with Crippen LogP contribution in [-0.4, -0.2) is 36.4 Å². The van der Waals surface area contributed by atoms with Crippen LogP contribution in [-0.2, 0) is 11.3 Å². The third-order valence-corrected chi connectivity index (χ3v) is 5.31. The van der Waals surface area contributed by atoms with E-state index in [-0.39, 0.29) is 29.6 Å². The van der Waals surface area contributed by atoms with Crippen LogP contribution in [0.25, 0.3) is 0 Å². The van der Waals surface area contributed by atoms with E-state index in [4.69, 9.17) is 0 Å². The average Bonchev–Trinajstić information content (AvgIpc) is 3.19. The average molecular weight is 410 g/mol. The first-order valence-corrected chi connectivity index (χ1v) is 10.2.